The second-order valence-corrected chi connectivity index (χ2v) is 5.81. The fraction of sp³-hybridized carbons (Fsp3) is 0.389. The molecule has 0 radical (unpaired) electrons. The molecule has 0 saturated carbocycles. The van der Waals surface area contributed by atoms with E-state index in [-0.39, 0.29) is 5.91 Å². The maximum Gasteiger partial charge on any atom is 0.270 e. The molecule has 0 aliphatic carbocycles. The second-order valence-electron chi connectivity index (χ2n) is 5.81. The van der Waals surface area contributed by atoms with E-state index >= 15 is 0 Å². The summed E-state index contributed by atoms with van der Waals surface area (Å²) < 4.78 is 11.1. The van der Waals surface area contributed by atoms with Crippen LogP contribution in [0.15, 0.2) is 24.3 Å². The number of ether oxygens (including phenoxy) is 2. The molecule has 132 valence electrons. The maximum absolute atomic E-state index is 12.2. The minimum atomic E-state index is -0.191. The summed E-state index contributed by atoms with van der Waals surface area (Å²) in [6.07, 6.45) is 1.97. The molecular weight excluding hydrogens is 320 g/mol. The third-order valence-electron chi connectivity index (χ3n) is 3.70. The molecule has 25 heavy (non-hydrogen) atoms. The number of benzene rings is 1. The van der Waals surface area contributed by atoms with Crippen molar-refractivity contribution < 1.29 is 14.3 Å². The number of nitrogens with one attached hydrogen (secondary N) is 2. The minimum absolute atomic E-state index is 0.191. The topological polar surface area (TPSA) is 85.4 Å². The van der Waals surface area contributed by atoms with Crippen molar-refractivity contribution in [3.05, 3.63) is 35.7 Å². The maximum atomic E-state index is 12.2. The van der Waals surface area contributed by atoms with Crippen LogP contribution in [0, 0.1) is 6.92 Å². The number of amides is 1. The first kappa shape index (κ1) is 17.0. The molecule has 0 bridgehead atoms. The molecule has 1 amide bonds. The van der Waals surface area contributed by atoms with Crippen LogP contribution in [0.5, 0.6) is 11.5 Å². The van der Waals surface area contributed by atoms with Crippen LogP contribution in [0.1, 0.15) is 35.9 Å². The van der Waals surface area contributed by atoms with E-state index in [4.69, 9.17) is 9.47 Å². The van der Waals surface area contributed by atoms with Crippen LogP contribution in [-0.2, 0) is 0 Å². The Morgan fingerprint density at radius 1 is 1.16 bits per heavy atom. The van der Waals surface area contributed by atoms with Gasteiger partial charge in [0.25, 0.3) is 5.91 Å². The fourth-order valence-electron chi connectivity index (χ4n) is 2.46. The normalized spacial score (nSPS) is 12.6. The van der Waals surface area contributed by atoms with Crippen LogP contribution in [0.3, 0.4) is 0 Å². The van der Waals surface area contributed by atoms with Gasteiger partial charge in [-0.2, -0.15) is 0 Å². The van der Waals surface area contributed by atoms with Gasteiger partial charge in [-0.15, -0.1) is 0 Å². The van der Waals surface area contributed by atoms with Crippen molar-refractivity contribution in [2.24, 2.45) is 0 Å². The van der Waals surface area contributed by atoms with Gasteiger partial charge in [-0.1, -0.05) is 13.3 Å². The summed E-state index contributed by atoms with van der Waals surface area (Å²) in [7, 11) is 0. The SMILES string of the molecule is CCCCNC(=O)c1cc(C)nc(Nc2ccc3c(c2)OCCO3)n1. The number of hydrogen-bond acceptors (Lipinski definition) is 6. The standard InChI is InChI=1S/C18H22N4O3/c1-3-4-7-19-17(23)14-10-12(2)20-18(22-14)21-13-5-6-15-16(11-13)25-9-8-24-15/h5-6,10-11H,3-4,7-9H2,1-2H3,(H,19,23)(H,20,21,22). The van der Waals surface area contributed by atoms with Gasteiger partial charge in [0.2, 0.25) is 5.95 Å². The van der Waals surface area contributed by atoms with Crippen molar-refractivity contribution >= 4 is 17.5 Å². The summed E-state index contributed by atoms with van der Waals surface area (Å²) in [5.74, 6) is 1.58. The zero-order valence-electron chi connectivity index (χ0n) is 14.5. The van der Waals surface area contributed by atoms with Gasteiger partial charge in [-0.3, -0.25) is 4.79 Å². The number of unbranched alkanes of at least 4 members (excludes halogenated alkanes) is 1. The molecule has 0 spiro atoms. The van der Waals surface area contributed by atoms with Crippen molar-refractivity contribution in [2.75, 3.05) is 25.1 Å². The summed E-state index contributed by atoms with van der Waals surface area (Å²) in [5.41, 5.74) is 1.84. The number of aryl methyl sites for hydroxylation is 1. The van der Waals surface area contributed by atoms with Gasteiger partial charge in [0.1, 0.15) is 18.9 Å². The van der Waals surface area contributed by atoms with Gasteiger partial charge in [0, 0.05) is 24.0 Å². The average Bonchev–Trinajstić information content (AvgIpc) is 2.61. The van der Waals surface area contributed by atoms with Crippen molar-refractivity contribution in [1.82, 2.24) is 15.3 Å². The molecule has 0 atom stereocenters. The summed E-state index contributed by atoms with van der Waals surface area (Å²) in [6, 6.07) is 7.21. The molecule has 1 aliphatic heterocycles. The molecule has 2 aromatic rings. The number of carbonyl (C=O) groups is 1. The summed E-state index contributed by atoms with van der Waals surface area (Å²) in [6.45, 7) is 5.63. The minimum Gasteiger partial charge on any atom is -0.486 e. The average molecular weight is 342 g/mol. The highest BCUT2D eigenvalue weighted by Crippen LogP contribution is 2.33. The van der Waals surface area contributed by atoms with Crippen LogP contribution < -0.4 is 20.1 Å². The first-order valence-electron chi connectivity index (χ1n) is 8.46. The van der Waals surface area contributed by atoms with Gasteiger partial charge in [0.05, 0.1) is 0 Å². The number of anilines is 2. The van der Waals surface area contributed by atoms with Crippen LogP contribution >= 0.6 is 0 Å². The monoisotopic (exact) mass is 342 g/mol. The molecule has 2 heterocycles. The van der Waals surface area contributed by atoms with E-state index in [1.165, 1.54) is 0 Å². The van der Waals surface area contributed by atoms with Gasteiger partial charge in [-0.25, -0.2) is 9.97 Å². The van der Waals surface area contributed by atoms with Crippen LogP contribution in [-0.4, -0.2) is 35.6 Å². The largest absolute Gasteiger partial charge is 0.486 e. The van der Waals surface area contributed by atoms with E-state index in [0.717, 1.165) is 30.0 Å². The smallest absolute Gasteiger partial charge is 0.270 e. The molecular formula is C18H22N4O3. The van der Waals surface area contributed by atoms with Crippen molar-refractivity contribution in [2.45, 2.75) is 26.7 Å². The Kier molecular flexibility index (Phi) is 5.33. The Labute approximate surface area is 146 Å². The number of aromatic nitrogens is 2. The molecule has 7 nitrogen and oxygen atoms in total. The van der Waals surface area contributed by atoms with E-state index in [2.05, 4.69) is 27.5 Å². The molecule has 7 heteroatoms. The highest BCUT2D eigenvalue weighted by atomic mass is 16.6. The second kappa shape index (κ2) is 7.83. The molecule has 2 N–H and O–H groups in total. The van der Waals surface area contributed by atoms with Crippen molar-refractivity contribution in [3.8, 4) is 11.5 Å². The number of carbonyl (C=O) groups excluding carboxylic acids is 1. The Balaban J connectivity index is 1.75. The number of rotatable bonds is 6. The molecule has 0 unspecified atom stereocenters. The zero-order valence-corrected chi connectivity index (χ0v) is 14.5. The predicted octanol–water partition coefficient (Wildman–Crippen LogP) is 2.83. The third-order valence-corrected chi connectivity index (χ3v) is 3.70. The fourth-order valence-corrected chi connectivity index (χ4v) is 2.46. The lowest BCUT2D eigenvalue weighted by Crippen LogP contribution is -2.25. The van der Waals surface area contributed by atoms with E-state index in [9.17, 15) is 4.79 Å². The summed E-state index contributed by atoms with van der Waals surface area (Å²) in [4.78, 5) is 20.9. The molecule has 0 fully saturated rings. The van der Waals surface area contributed by atoms with Gasteiger partial charge in [-0.05, 0) is 31.5 Å². The Hall–Kier alpha value is -2.83. The van der Waals surface area contributed by atoms with Crippen LogP contribution in [0.25, 0.3) is 0 Å². The van der Waals surface area contributed by atoms with Crippen molar-refractivity contribution in [3.63, 3.8) is 0 Å². The zero-order chi connectivity index (χ0) is 17.6. The highest BCUT2D eigenvalue weighted by Gasteiger charge is 2.14. The van der Waals surface area contributed by atoms with Crippen LogP contribution in [0.2, 0.25) is 0 Å². The Morgan fingerprint density at radius 3 is 2.76 bits per heavy atom. The summed E-state index contributed by atoms with van der Waals surface area (Å²) in [5, 5.41) is 5.99. The van der Waals surface area contributed by atoms with E-state index in [1.54, 1.807) is 6.07 Å². The molecule has 1 aromatic heterocycles. The van der Waals surface area contributed by atoms with Crippen molar-refractivity contribution in [1.29, 1.82) is 0 Å². The van der Waals surface area contributed by atoms with Gasteiger partial charge >= 0.3 is 0 Å². The lowest BCUT2D eigenvalue weighted by atomic mass is 10.2. The number of fused-ring (bicyclic) bond motifs is 1. The highest BCUT2D eigenvalue weighted by molar-refractivity contribution is 5.92. The summed E-state index contributed by atoms with van der Waals surface area (Å²) >= 11 is 0. The van der Waals surface area contributed by atoms with E-state index in [0.29, 0.717) is 37.2 Å². The molecule has 1 aliphatic rings. The lowest BCUT2D eigenvalue weighted by Gasteiger charge is -2.19. The van der Waals surface area contributed by atoms with Gasteiger partial charge < -0.3 is 20.1 Å². The molecule has 3 rings (SSSR count). The van der Waals surface area contributed by atoms with Crippen LogP contribution in [0.4, 0.5) is 11.6 Å². The van der Waals surface area contributed by atoms with E-state index < -0.39 is 0 Å². The molecule has 0 saturated heterocycles. The lowest BCUT2D eigenvalue weighted by molar-refractivity contribution is 0.0948. The number of nitrogens with zero attached hydrogens (tertiary/aromatic N) is 2. The van der Waals surface area contributed by atoms with Gasteiger partial charge in [0.15, 0.2) is 11.5 Å². The third kappa shape index (κ3) is 4.37. The first-order chi connectivity index (χ1) is 12.2. The quantitative estimate of drug-likeness (QED) is 0.785. The Bertz CT molecular complexity index is 764. The number of hydrogen-bond donors (Lipinski definition) is 2. The molecule has 1 aromatic carbocycles. The Morgan fingerprint density at radius 2 is 1.96 bits per heavy atom. The first-order valence-corrected chi connectivity index (χ1v) is 8.46. The van der Waals surface area contributed by atoms with E-state index in [1.807, 2.05) is 25.1 Å². The predicted molar refractivity (Wildman–Crippen MR) is 94.7 cm³/mol.